The summed E-state index contributed by atoms with van der Waals surface area (Å²) in [5.41, 5.74) is 8.28. The van der Waals surface area contributed by atoms with Gasteiger partial charge in [0, 0.05) is 25.0 Å². The van der Waals surface area contributed by atoms with E-state index in [1.165, 1.54) is 24.0 Å². The largest absolute Gasteiger partial charge is 0.370 e. The number of imidazole rings is 1. The van der Waals surface area contributed by atoms with Crippen LogP contribution < -0.4 is 11.1 Å². The van der Waals surface area contributed by atoms with Gasteiger partial charge in [-0.05, 0) is 30.9 Å². The first-order valence-electron chi connectivity index (χ1n) is 7.33. The van der Waals surface area contributed by atoms with Crippen LogP contribution in [0.4, 0.5) is 0 Å². The third kappa shape index (κ3) is 3.84. The van der Waals surface area contributed by atoms with Gasteiger partial charge in [0.25, 0.3) is 0 Å². The number of hydrogen-bond donors (Lipinski definition) is 2. The lowest BCUT2D eigenvalue weighted by atomic mass is 10.1. The van der Waals surface area contributed by atoms with Crippen molar-refractivity contribution in [1.82, 2.24) is 14.9 Å². The zero-order chi connectivity index (χ0) is 14.7. The van der Waals surface area contributed by atoms with Gasteiger partial charge in [0.15, 0.2) is 5.96 Å². The monoisotopic (exact) mass is 283 g/mol. The number of nitrogens with zero attached hydrogens (tertiary/aromatic N) is 3. The summed E-state index contributed by atoms with van der Waals surface area (Å²) in [5, 5.41) is 3.20. The normalized spacial score (nSPS) is 15.2. The zero-order valence-electron chi connectivity index (χ0n) is 12.3. The van der Waals surface area contributed by atoms with Gasteiger partial charge < -0.3 is 15.6 Å². The number of aliphatic imine (C=N–C) groups is 1. The molecule has 0 radical (unpaired) electrons. The van der Waals surface area contributed by atoms with Crippen LogP contribution in [0.5, 0.6) is 0 Å². The number of benzene rings is 1. The van der Waals surface area contributed by atoms with E-state index in [0.29, 0.717) is 18.5 Å². The summed E-state index contributed by atoms with van der Waals surface area (Å²) in [4.78, 5) is 8.64. The molecule has 0 atom stereocenters. The first-order chi connectivity index (χ1) is 10.2. The molecule has 1 fully saturated rings. The van der Waals surface area contributed by atoms with Gasteiger partial charge in [-0.25, -0.2) is 9.98 Å². The zero-order valence-corrected chi connectivity index (χ0v) is 12.3. The fourth-order valence-electron chi connectivity index (χ4n) is 2.25. The Kier molecular flexibility index (Phi) is 3.90. The molecular weight excluding hydrogens is 262 g/mol. The van der Waals surface area contributed by atoms with E-state index in [4.69, 9.17) is 5.73 Å². The summed E-state index contributed by atoms with van der Waals surface area (Å²) in [5.74, 6) is 1.57. The predicted octanol–water partition coefficient (Wildman–Crippen LogP) is 1.81. The van der Waals surface area contributed by atoms with Crippen molar-refractivity contribution in [1.29, 1.82) is 0 Å². The lowest BCUT2D eigenvalue weighted by Crippen LogP contribution is -2.33. The van der Waals surface area contributed by atoms with Crippen molar-refractivity contribution < 1.29 is 0 Å². The van der Waals surface area contributed by atoms with Crippen LogP contribution in [0.15, 0.2) is 41.7 Å². The Labute approximate surface area is 124 Å². The standard InChI is InChI=1S/C16H21N5/c1-12-18-7-8-21(12)11-14-4-2-3-13(9-14)10-19-16(17)20-15-5-6-15/h2-4,7-9,15H,5-6,10-11H2,1H3,(H3,17,19,20). The van der Waals surface area contributed by atoms with E-state index in [1.807, 2.05) is 19.3 Å². The number of nitrogens with two attached hydrogens (primary N) is 1. The van der Waals surface area contributed by atoms with Crippen molar-refractivity contribution >= 4 is 5.96 Å². The fraction of sp³-hybridized carbons (Fsp3) is 0.375. The highest BCUT2D eigenvalue weighted by molar-refractivity contribution is 5.78. The van der Waals surface area contributed by atoms with E-state index in [1.54, 1.807) is 0 Å². The Morgan fingerprint density at radius 2 is 2.24 bits per heavy atom. The Bertz CT molecular complexity index is 640. The van der Waals surface area contributed by atoms with Crippen molar-refractivity contribution in [2.24, 2.45) is 10.7 Å². The highest BCUT2D eigenvalue weighted by atomic mass is 15.1. The maximum absolute atomic E-state index is 5.86. The van der Waals surface area contributed by atoms with Crippen LogP contribution >= 0.6 is 0 Å². The molecule has 21 heavy (non-hydrogen) atoms. The molecule has 0 aliphatic heterocycles. The average Bonchev–Trinajstić information content (AvgIpc) is 3.20. The van der Waals surface area contributed by atoms with Crippen molar-refractivity contribution in [3.63, 3.8) is 0 Å². The molecule has 5 nitrogen and oxygen atoms in total. The number of guanidine groups is 1. The van der Waals surface area contributed by atoms with E-state index >= 15 is 0 Å². The van der Waals surface area contributed by atoms with Crippen molar-refractivity contribution in [3.05, 3.63) is 53.6 Å². The SMILES string of the molecule is Cc1nccn1Cc1cccc(CN=C(N)NC2CC2)c1. The van der Waals surface area contributed by atoms with Crippen LogP contribution in [0.25, 0.3) is 0 Å². The van der Waals surface area contributed by atoms with Crippen molar-refractivity contribution in [2.75, 3.05) is 0 Å². The smallest absolute Gasteiger partial charge is 0.189 e. The first kappa shape index (κ1) is 13.7. The van der Waals surface area contributed by atoms with Crippen LogP contribution in [0, 0.1) is 6.92 Å². The Morgan fingerprint density at radius 3 is 2.95 bits per heavy atom. The van der Waals surface area contributed by atoms with Gasteiger partial charge in [-0.2, -0.15) is 0 Å². The number of aromatic nitrogens is 2. The minimum atomic E-state index is 0.546. The molecule has 1 aliphatic carbocycles. The minimum absolute atomic E-state index is 0.546. The predicted molar refractivity (Wildman–Crippen MR) is 84.0 cm³/mol. The molecule has 3 rings (SSSR count). The van der Waals surface area contributed by atoms with Gasteiger partial charge in [-0.1, -0.05) is 24.3 Å². The Balaban J connectivity index is 1.63. The van der Waals surface area contributed by atoms with Gasteiger partial charge in [0.05, 0.1) is 6.54 Å². The van der Waals surface area contributed by atoms with Gasteiger partial charge in [-0.15, -0.1) is 0 Å². The second kappa shape index (κ2) is 5.99. The van der Waals surface area contributed by atoms with E-state index in [0.717, 1.165) is 12.4 Å². The van der Waals surface area contributed by atoms with Crippen LogP contribution in [0.1, 0.15) is 29.8 Å². The van der Waals surface area contributed by atoms with E-state index in [9.17, 15) is 0 Å². The molecule has 2 aromatic rings. The van der Waals surface area contributed by atoms with Gasteiger partial charge in [-0.3, -0.25) is 0 Å². The molecule has 0 unspecified atom stereocenters. The summed E-state index contributed by atoms with van der Waals surface area (Å²) in [6.45, 7) is 3.46. The highest BCUT2D eigenvalue weighted by Gasteiger charge is 2.21. The molecule has 1 aromatic heterocycles. The number of hydrogen-bond acceptors (Lipinski definition) is 2. The van der Waals surface area contributed by atoms with Crippen LogP contribution in [0.2, 0.25) is 0 Å². The molecule has 1 saturated carbocycles. The van der Waals surface area contributed by atoms with E-state index in [2.05, 4.69) is 44.1 Å². The summed E-state index contributed by atoms with van der Waals surface area (Å²) in [6, 6.07) is 8.99. The molecule has 0 spiro atoms. The van der Waals surface area contributed by atoms with Crippen LogP contribution in [0.3, 0.4) is 0 Å². The van der Waals surface area contributed by atoms with Gasteiger partial charge in [0.2, 0.25) is 0 Å². The maximum Gasteiger partial charge on any atom is 0.189 e. The molecule has 0 saturated heterocycles. The third-order valence-corrected chi connectivity index (χ3v) is 3.63. The lowest BCUT2D eigenvalue weighted by Gasteiger charge is -2.07. The molecule has 5 heteroatoms. The number of nitrogens with one attached hydrogen (secondary N) is 1. The van der Waals surface area contributed by atoms with Crippen LogP contribution in [-0.4, -0.2) is 21.6 Å². The van der Waals surface area contributed by atoms with Gasteiger partial charge >= 0.3 is 0 Å². The summed E-state index contributed by atoms with van der Waals surface area (Å²) >= 11 is 0. The first-order valence-corrected chi connectivity index (χ1v) is 7.33. The molecule has 0 bridgehead atoms. The minimum Gasteiger partial charge on any atom is -0.370 e. The molecule has 1 aromatic carbocycles. The lowest BCUT2D eigenvalue weighted by molar-refractivity contribution is 0.760. The summed E-state index contributed by atoms with van der Waals surface area (Å²) in [7, 11) is 0. The molecule has 1 aliphatic rings. The van der Waals surface area contributed by atoms with Gasteiger partial charge in [0.1, 0.15) is 5.82 Å². The van der Waals surface area contributed by atoms with E-state index < -0.39 is 0 Å². The Morgan fingerprint density at radius 1 is 1.43 bits per heavy atom. The molecular formula is C16H21N5. The molecule has 1 heterocycles. The van der Waals surface area contributed by atoms with E-state index in [-0.39, 0.29) is 0 Å². The molecule has 110 valence electrons. The summed E-state index contributed by atoms with van der Waals surface area (Å²) in [6.07, 6.45) is 6.23. The fourth-order valence-corrected chi connectivity index (χ4v) is 2.25. The molecule has 3 N–H and O–H groups in total. The molecule has 0 amide bonds. The number of rotatable bonds is 5. The average molecular weight is 283 g/mol. The topological polar surface area (TPSA) is 68.2 Å². The van der Waals surface area contributed by atoms with Crippen molar-refractivity contribution in [2.45, 2.75) is 38.9 Å². The van der Waals surface area contributed by atoms with Crippen LogP contribution in [-0.2, 0) is 13.1 Å². The number of aryl methyl sites for hydroxylation is 1. The van der Waals surface area contributed by atoms with Crippen molar-refractivity contribution in [3.8, 4) is 0 Å². The quantitative estimate of drug-likeness (QED) is 0.649. The second-order valence-electron chi connectivity index (χ2n) is 5.54. The third-order valence-electron chi connectivity index (χ3n) is 3.63. The Hall–Kier alpha value is -2.30. The second-order valence-corrected chi connectivity index (χ2v) is 5.54. The maximum atomic E-state index is 5.86. The summed E-state index contributed by atoms with van der Waals surface area (Å²) < 4.78 is 2.13. The highest BCUT2D eigenvalue weighted by Crippen LogP contribution is 2.18.